The molecule has 0 saturated heterocycles. The Morgan fingerprint density at radius 1 is 0.468 bits per heavy atom. The van der Waals surface area contributed by atoms with Gasteiger partial charge >= 0.3 is 0 Å². The van der Waals surface area contributed by atoms with E-state index >= 15 is 0 Å². The van der Waals surface area contributed by atoms with Crippen molar-refractivity contribution in [2.45, 2.75) is 0 Å². The number of hydrogen-bond acceptors (Lipinski definition) is 4. The van der Waals surface area contributed by atoms with Crippen molar-refractivity contribution in [3.05, 3.63) is 150 Å². The maximum Gasteiger partial charge on any atom is 0.194 e. The van der Waals surface area contributed by atoms with E-state index in [0.717, 1.165) is 39.5 Å². The highest BCUT2D eigenvalue weighted by molar-refractivity contribution is 6.22. The predicted octanol–water partition coefficient (Wildman–Crippen LogP) is 10.3. The Hall–Kier alpha value is -6.39. The molecule has 0 radical (unpaired) electrons. The van der Waals surface area contributed by atoms with Crippen LogP contribution < -0.4 is 0 Å². The van der Waals surface area contributed by atoms with Crippen molar-refractivity contribution in [3.63, 3.8) is 0 Å². The second-order valence-electron chi connectivity index (χ2n) is 11.1. The summed E-state index contributed by atoms with van der Waals surface area (Å²) >= 11 is 0. The summed E-state index contributed by atoms with van der Waals surface area (Å²) in [5.41, 5.74) is 7.30. The summed E-state index contributed by atoms with van der Waals surface area (Å²) in [5.74, 6) is -4.02. The molecule has 8 aromatic rings. The van der Waals surface area contributed by atoms with E-state index < -0.39 is 17.5 Å². The third kappa shape index (κ3) is 4.75. The summed E-state index contributed by atoms with van der Waals surface area (Å²) in [6.07, 6.45) is 0. The quantitative estimate of drug-likeness (QED) is 0.146. The van der Waals surface area contributed by atoms with Crippen molar-refractivity contribution in [1.29, 1.82) is 5.26 Å². The molecule has 8 rings (SSSR count). The van der Waals surface area contributed by atoms with Gasteiger partial charge in [-0.15, -0.1) is 0 Å². The number of benzene rings is 6. The van der Waals surface area contributed by atoms with Crippen LogP contribution in [-0.4, -0.2) is 15.0 Å². The van der Waals surface area contributed by atoms with Gasteiger partial charge in [0.05, 0.1) is 33.7 Å². The van der Waals surface area contributed by atoms with E-state index in [1.807, 2.05) is 84.9 Å². The molecular weight excluding hydrogens is 593 g/mol. The highest BCUT2D eigenvalue weighted by Gasteiger charge is 2.21. The highest BCUT2D eigenvalue weighted by atomic mass is 19.2. The van der Waals surface area contributed by atoms with E-state index in [0.29, 0.717) is 50.2 Å². The van der Waals surface area contributed by atoms with Crippen LogP contribution in [0.2, 0.25) is 0 Å². The lowest BCUT2D eigenvalue weighted by Gasteiger charge is -2.16. The molecule has 0 unspecified atom stereocenters. The van der Waals surface area contributed by atoms with Crippen molar-refractivity contribution in [2.24, 2.45) is 0 Å². The number of hydrogen-bond donors (Lipinski definition) is 0. The number of rotatable bonds is 4. The third-order valence-corrected chi connectivity index (χ3v) is 8.30. The molecule has 0 N–H and O–H groups in total. The molecular formula is C40H21F3N4. The summed E-state index contributed by atoms with van der Waals surface area (Å²) in [5, 5.41) is 12.8. The Morgan fingerprint density at radius 2 is 1.00 bits per heavy atom. The van der Waals surface area contributed by atoms with Crippen LogP contribution in [0, 0.1) is 28.8 Å². The van der Waals surface area contributed by atoms with E-state index in [-0.39, 0.29) is 5.56 Å². The molecule has 0 atom stereocenters. The SMILES string of the molecule is N#Cc1cc2c(-c3ccc(-c4cc(F)c(F)c(F)c4)cc3)nc3ccccc3c2c2nc(-c3ccccc3)c(-c3ccccc3)nc12. The van der Waals surface area contributed by atoms with Gasteiger partial charge in [-0.2, -0.15) is 5.26 Å². The Balaban J connectivity index is 1.43. The molecule has 0 fully saturated rings. The molecule has 4 nitrogen and oxygen atoms in total. The molecule has 47 heavy (non-hydrogen) atoms. The molecule has 0 spiro atoms. The van der Waals surface area contributed by atoms with Crippen LogP contribution in [0.3, 0.4) is 0 Å². The number of pyridine rings is 1. The summed E-state index contributed by atoms with van der Waals surface area (Å²) in [6, 6.07) is 40.4. The molecule has 0 amide bonds. The second-order valence-corrected chi connectivity index (χ2v) is 11.1. The summed E-state index contributed by atoms with van der Waals surface area (Å²) in [7, 11) is 0. The maximum absolute atomic E-state index is 14.0. The average molecular weight is 615 g/mol. The van der Waals surface area contributed by atoms with Gasteiger partial charge in [0.15, 0.2) is 17.5 Å². The van der Waals surface area contributed by atoms with Crippen molar-refractivity contribution < 1.29 is 13.2 Å². The normalized spacial score (nSPS) is 11.3. The number of para-hydroxylation sites is 1. The maximum atomic E-state index is 14.0. The first kappa shape index (κ1) is 28.1. The zero-order valence-electron chi connectivity index (χ0n) is 24.5. The Labute approximate surface area is 267 Å². The molecule has 0 bridgehead atoms. The van der Waals surface area contributed by atoms with E-state index in [1.54, 1.807) is 30.3 Å². The van der Waals surface area contributed by atoms with Crippen LogP contribution in [0.4, 0.5) is 13.2 Å². The zero-order valence-corrected chi connectivity index (χ0v) is 24.5. The number of fused-ring (bicyclic) bond motifs is 5. The van der Waals surface area contributed by atoms with Gasteiger partial charge in [-0.05, 0) is 35.4 Å². The van der Waals surface area contributed by atoms with Gasteiger partial charge in [-0.3, -0.25) is 0 Å². The summed E-state index contributed by atoms with van der Waals surface area (Å²) < 4.78 is 41.6. The monoisotopic (exact) mass is 614 g/mol. The molecule has 0 aliphatic heterocycles. The van der Waals surface area contributed by atoms with Gasteiger partial charge in [-0.25, -0.2) is 28.1 Å². The van der Waals surface area contributed by atoms with Crippen LogP contribution in [0.5, 0.6) is 0 Å². The third-order valence-electron chi connectivity index (χ3n) is 8.30. The standard InChI is InChI=1S/C40H21F3N4/c41-31-20-27(21-32(42)35(31)43)23-15-17-26(18-16-23)36-30-19-28(22-44)39-40(34(30)29-13-7-8-14-33(29)45-36)47-38(25-11-5-2-6-12-25)37(46-39)24-9-3-1-4-10-24/h1-21H. The number of nitrogens with zero attached hydrogens (tertiary/aromatic N) is 4. The molecule has 7 heteroatoms. The number of nitriles is 1. The fourth-order valence-electron chi connectivity index (χ4n) is 6.08. The lowest BCUT2D eigenvalue weighted by molar-refractivity contribution is 0.448. The molecule has 2 heterocycles. The van der Waals surface area contributed by atoms with E-state index in [4.69, 9.17) is 15.0 Å². The number of aromatic nitrogens is 3. The van der Waals surface area contributed by atoms with Crippen molar-refractivity contribution >= 4 is 32.7 Å². The summed E-state index contributed by atoms with van der Waals surface area (Å²) in [6.45, 7) is 0. The molecule has 2 aromatic heterocycles. The van der Waals surface area contributed by atoms with E-state index in [1.165, 1.54) is 0 Å². The fraction of sp³-hybridized carbons (Fsp3) is 0. The summed E-state index contributed by atoms with van der Waals surface area (Å²) in [4.78, 5) is 15.4. The minimum Gasteiger partial charge on any atom is -0.247 e. The Morgan fingerprint density at radius 3 is 1.62 bits per heavy atom. The highest BCUT2D eigenvalue weighted by Crippen LogP contribution is 2.40. The van der Waals surface area contributed by atoms with Gasteiger partial charge < -0.3 is 0 Å². The minimum atomic E-state index is -1.51. The lowest BCUT2D eigenvalue weighted by Crippen LogP contribution is -2.00. The van der Waals surface area contributed by atoms with Gasteiger partial charge in [0.1, 0.15) is 11.6 Å². The average Bonchev–Trinajstić information content (AvgIpc) is 3.13. The fourth-order valence-corrected chi connectivity index (χ4v) is 6.08. The van der Waals surface area contributed by atoms with Crippen LogP contribution in [0.1, 0.15) is 5.56 Å². The lowest BCUT2D eigenvalue weighted by atomic mass is 9.94. The van der Waals surface area contributed by atoms with Crippen LogP contribution in [0.15, 0.2) is 127 Å². The van der Waals surface area contributed by atoms with Gasteiger partial charge in [0.2, 0.25) is 0 Å². The Bertz CT molecular complexity index is 2520. The molecule has 0 aliphatic carbocycles. The van der Waals surface area contributed by atoms with Gasteiger partial charge in [0.25, 0.3) is 0 Å². The predicted molar refractivity (Wildman–Crippen MR) is 179 cm³/mol. The smallest absolute Gasteiger partial charge is 0.194 e. The van der Waals surface area contributed by atoms with Crippen molar-refractivity contribution in [3.8, 4) is 51.0 Å². The van der Waals surface area contributed by atoms with Crippen LogP contribution >= 0.6 is 0 Å². The zero-order chi connectivity index (χ0) is 32.1. The van der Waals surface area contributed by atoms with E-state index in [2.05, 4.69) is 6.07 Å². The van der Waals surface area contributed by atoms with Gasteiger partial charge in [-0.1, -0.05) is 103 Å². The first-order valence-corrected chi connectivity index (χ1v) is 14.8. The Kier molecular flexibility index (Phi) is 6.70. The first-order valence-electron chi connectivity index (χ1n) is 14.8. The molecule has 0 saturated carbocycles. The molecule has 6 aromatic carbocycles. The minimum absolute atomic E-state index is 0.208. The topological polar surface area (TPSA) is 62.5 Å². The van der Waals surface area contributed by atoms with Crippen molar-refractivity contribution in [2.75, 3.05) is 0 Å². The molecule has 222 valence electrons. The molecule has 0 aliphatic rings. The van der Waals surface area contributed by atoms with E-state index in [9.17, 15) is 18.4 Å². The largest absolute Gasteiger partial charge is 0.247 e. The van der Waals surface area contributed by atoms with Crippen LogP contribution in [-0.2, 0) is 0 Å². The van der Waals surface area contributed by atoms with Crippen LogP contribution in [0.25, 0.3) is 77.6 Å². The van der Waals surface area contributed by atoms with Crippen molar-refractivity contribution in [1.82, 2.24) is 15.0 Å². The first-order chi connectivity index (χ1) is 23.0. The second kappa shape index (κ2) is 11.2. The van der Waals surface area contributed by atoms with Gasteiger partial charge in [0, 0.05) is 32.8 Å². The number of halogens is 3.